The second kappa shape index (κ2) is 4.27. The molecule has 0 saturated heterocycles. The van der Waals surface area contributed by atoms with Crippen molar-refractivity contribution in [3.63, 3.8) is 0 Å². The second-order valence-electron chi connectivity index (χ2n) is 3.69. The van der Waals surface area contributed by atoms with Crippen molar-refractivity contribution in [1.29, 1.82) is 0 Å². The zero-order chi connectivity index (χ0) is 11.7. The average molecular weight is 236 g/mol. The Morgan fingerprint density at radius 2 is 2.25 bits per heavy atom. The maximum atomic E-state index is 11.6. The van der Waals surface area contributed by atoms with Crippen molar-refractivity contribution in [3.05, 3.63) is 29.3 Å². The second-order valence-corrected chi connectivity index (χ2v) is 4.07. The molecule has 1 aromatic rings. The van der Waals surface area contributed by atoms with E-state index in [2.05, 4.69) is 12.6 Å². The van der Waals surface area contributed by atoms with Crippen molar-refractivity contribution < 1.29 is 9.59 Å². The molecule has 84 valence electrons. The number of rotatable bonds is 2. The summed E-state index contributed by atoms with van der Waals surface area (Å²) in [5.74, 6) is -0.222. The Morgan fingerprint density at radius 1 is 1.50 bits per heavy atom. The van der Waals surface area contributed by atoms with Gasteiger partial charge in [0.2, 0.25) is 5.91 Å². The van der Waals surface area contributed by atoms with Crippen LogP contribution in [-0.2, 0) is 17.6 Å². The number of hydrogen-bond acceptors (Lipinski definition) is 3. The first kappa shape index (κ1) is 11.2. The Bertz CT molecular complexity index is 459. The first-order valence-electron chi connectivity index (χ1n) is 5.01. The van der Waals surface area contributed by atoms with Gasteiger partial charge in [-0.2, -0.15) is 0 Å². The molecule has 4 nitrogen and oxygen atoms in total. The van der Waals surface area contributed by atoms with Crippen molar-refractivity contribution in [2.45, 2.75) is 12.8 Å². The van der Waals surface area contributed by atoms with Gasteiger partial charge in [-0.15, -0.1) is 0 Å². The third kappa shape index (κ3) is 1.83. The molecule has 0 aromatic heterocycles. The third-order valence-corrected chi connectivity index (χ3v) is 2.80. The van der Waals surface area contributed by atoms with Crippen molar-refractivity contribution in [2.75, 3.05) is 11.4 Å². The van der Waals surface area contributed by atoms with E-state index in [1.807, 2.05) is 12.1 Å². The van der Waals surface area contributed by atoms with Crippen molar-refractivity contribution in [2.24, 2.45) is 5.73 Å². The fourth-order valence-corrected chi connectivity index (χ4v) is 2.13. The van der Waals surface area contributed by atoms with Crippen LogP contribution in [-0.4, -0.2) is 17.7 Å². The molecule has 2 rings (SSSR count). The smallest absolute Gasteiger partial charge is 0.289 e. The van der Waals surface area contributed by atoms with Crippen LogP contribution in [0.5, 0.6) is 0 Å². The monoisotopic (exact) mass is 236 g/mol. The lowest BCUT2D eigenvalue weighted by Crippen LogP contribution is -2.28. The molecular weight excluding hydrogens is 224 g/mol. The minimum absolute atomic E-state index is 0.222. The molecule has 1 aliphatic heterocycles. The van der Waals surface area contributed by atoms with Crippen molar-refractivity contribution in [3.8, 4) is 0 Å². The summed E-state index contributed by atoms with van der Waals surface area (Å²) in [6, 6.07) is 5.59. The summed E-state index contributed by atoms with van der Waals surface area (Å²) in [5.41, 5.74) is 8.07. The molecule has 5 heteroatoms. The molecule has 0 radical (unpaired) electrons. The van der Waals surface area contributed by atoms with E-state index < -0.39 is 5.24 Å². The van der Waals surface area contributed by atoms with Gasteiger partial charge in [-0.3, -0.25) is 9.59 Å². The minimum Gasteiger partial charge on any atom is -0.330 e. The fourth-order valence-electron chi connectivity index (χ4n) is 1.91. The zero-order valence-corrected chi connectivity index (χ0v) is 9.54. The Kier molecular flexibility index (Phi) is 2.98. The largest absolute Gasteiger partial charge is 0.330 e. The number of nitrogens with zero attached hydrogens (tertiary/aromatic N) is 1. The van der Waals surface area contributed by atoms with E-state index in [0.717, 1.165) is 22.4 Å². The number of nitrogens with two attached hydrogens (primary N) is 1. The highest BCUT2D eigenvalue weighted by Crippen LogP contribution is 2.30. The quantitative estimate of drug-likeness (QED) is 0.756. The average Bonchev–Trinajstić information content (AvgIpc) is 2.53. The van der Waals surface area contributed by atoms with E-state index in [9.17, 15) is 9.59 Å². The number of hydrogen-bond donors (Lipinski definition) is 2. The van der Waals surface area contributed by atoms with E-state index in [4.69, 9.17) is 5.73 Å². The number of carbonyl (C=O) groups is 2. The number of anilines is 1. The Hall–Kier alpha value is -1.33. The summed E-state index contributed by atoms with van der Waals surface area (Å²) < 4.78 is 0. The van der Waals surface area contributed by atoms with Crippen LogP contribution >= 0.6 is 12.6 Å². The fraction of sp³-hybridized carbons (Fsp3) is 0.273. The molecule has 1 aromatic carbocycles. The molecule has 2 N–H and O–H groups in total. The molecule has 0 spiro atoms. The first-order chi connectivity index (χ1) is 7.63. The minimum atomic E-state index is -0.532. The lowest BCUT2D eigenvalue weighted by Gasteiger charge is -2.12. The number of fused-ring (bicyclic) bond motifs is 1. The molecule has 16 heavy (non-hydrogen) atoms. The molecule has 0 saturated carbocycles. The first-order valence-corrected chi connectivity index (χ1v) is 5.46. The summed E-state index contributed by atoms with van der Waals surface area (Å²) in [6.07, 6.45) is 1.04. The lowest BCUT2D eigenvalue weighted by molar-refractivity contribution is -0.116. The maximum Gasteiger partial charge on any atom is 0.289 e. The Morgan fingerprint density at radius 3 is 2.88 bits per heavy atom. The Labute approximate surface area is 98.8 Å². The van der Waals surface area contributed by atoms with Gasteiger partial charge in [0.1, 0.15) is 0 Å². The van der Waals surface area contributed by atoms with E-state index in [-0.39, 0.29) is 12.3 Å². The summed E-state index contributed by atoms with van der Waals surface area (Å²) in [4.78, 5) is 23.9. The van der Waals surface area contributed by atoms with Gasteiger partial charge in [-0.25, -0.2) is 4.90 Å². The number of imide groups is 1. The normalized spacial score (nSPS) is 14.1. The van der Waals surface area contributed by atoms with Gasteiger partial charge in [0.15, 0.2) is 0 Å². The Balaban J connectivity index is 2.38. The van der Waals surface area contributed by atoms with Gasteiger partial charge >= 0.3 is 0 Å². The predicted octanol–water partition coefficient (Wildman–Crippen LogP) is 1.13. The van der Waals surface area contributed by atoms with Crippen LogP contribution in [0.2, 0.25) is 0 Å². The lowest BCUT2D eigenvalue weighted by atomic mass is 10.1. The molecule has 1 heterocycles. The van der Waals surface area contributed by atoms with Gasteiger partial charge in [-0.1, -0.05) is 24.8 Å². The van der Waals surface area contributed by atoms with E-state index in [0.29, 0.717) is 12.2 Å². The van der Waals surface area contributed by atoms with Crippen LogP contribution in [0.15, 0.2) is 18.2 Å². The molecule has 0 fully saturated rings. The number of benzene rings is 1. The molecule has 2 amide bonds. The van der Waals surface area contributed by atoms with Crippen molar-refractivity contribution in [1.82, 2.24) is 0 Å². The van der Waals surface area contributed by atoms with Crippen LogP contribution < -0.4 is 10.6 Å². The van der Waals surface area contributed by atoms with Crippen LogP contribution in [0.1, 0.15) is 11.1 Å². The van der Waals surface area contributed by atoms with Crippen LogP contribution in [0.3, 0.4) is 0 Å². The summed E-state index contributed by atoms with van der Waals surface area (Å²) in [7, 11) is 0. The van der Waals surface area contributed by atoms with Crippen LogP contribution in [0, 0.1) is 0 Å². The van der Waals surface area contributed by atoms with Crippen LogP contribution in [0.25, 0.3) is 0 Å². The van der Waals surface area contributed by atoms with Gasteiger partial charge in [0.05, 0.1) is 12.1 Å². The highest BCUT2D eigenvalue weighted by Gasteiger charge is 2.30. The number of thiol groups is 1. The molecule has 1 aliphatic rings. The third-order valence-electron chi connectivity index (χ3n) is 2.60. The van der Waals surface area contributed by atoms with E-state index in [1.54, 1.807) is 6.07 Å². The molecular formula is C11H12N2O2S. The standard InChI is InChI=1S/C11H12N2O2S/c12-4-3-7-1-2-9-8(5-7)6-10(14)13(9)11(15)16/h1-2,5H,3-4,6,12H2,(H,15,16). The van der Waals surface area contributed by atoms with Gasteiger partial charge in [0, 0.05) is 0 Å². The van der Waals surface area contributed by atoms with Crippen molar-refractivity contribution >= 4 is 29.5 Å². The number of amides is 2. The van der Waals surface area contributed by atoms with Gasteiger partial charge in [0.25, 0.3) is 5.24 Å². The molecule has 0 bridgehead atoms. The van der Waals surface area contributed by atoms with E-state index in [1.165, 1.54) is 0 Å². The summed E-state index contributed by atoms with van der Waals surface area (Å²) >= 11 is 3.69. The highest BCUT2D eigenvalue weighted by atomic mass is 32.1. The topological polar surface area (TPSA) is 63.4 Å². The molecule has 0 aliphatic carbocycles. The number of carbonyl (C=O) groups excluding carboxylic acids is 2. The zero-order valence-electron chi connectivity index (χ0n) is 8.64. The van der Waals surface area contributed by atoms with Gasteiger partial charge in [-0.05, 0) is 30.2 Å². The predicted molar refractivity (Wildman–Crippen MR) is 64.8 cm³/mol. The SMILES string of the molecule is NCCc1ccc2c(c1)CC(=O)N2C(=O)S. The van der Waals surface area contributed by atoms with Gasteiger partial charge < -0.3 is 5.73 Å². The molecule has 0 atom stereocenters. The molecule has 0 unspecified atom stereocenters. The summed E-state index contributed by atoms with van der Waals surface area (Å²) in [6.45, 7) is 0.571. The highest BCUT2D eigenvalue weighted by molar-refractivity contribution is 7.97. The van der Waals surface area contributed by atoms with E-state index >= 15 is 0 Å². The summed E-state index contributed by atoms with van der Waals surface area (Å²) in [5, 5.41) is -0.532. The van der Waals surface area contributed by atoms with Crippen LogP contribution in [0.4, 0.5) is 10.5 Å². The maximum absolute atomic E-state index is 11.6.